The highest BCUT2D eigenvalue weighted by Gasteiger charge is 2.20. The molecule has 0 bridgehead atoms. The summed E-state index contributed by atoms with van der Waals surface area (Å²) < 4.78 is 0. The first kappa shape index (κ1) is 12.5. The number of hydrogen-bond donors (Lipinski definition) is 2. The minimum atomic E-state index is 0.198. The van der Waals surface area contributed by atoms with Gasteiger partial charge in [0.05, 0.1) is 0 Å². The van der Waals surface area contributed by atoms with Crippen molar-refractivity contribution in [3.05, 3.63) is 0 Å². The van der Waals surface area contributed by atoms with Crippen molar-refractivity contribution in [3.8, 4) is 0 Å². The number of hydrogen-bond acceptors (Lipinski definition) is 2. The van der Waals surface area contributed by atoms with Gasteiger partial charge in [-0.15, -0.1) is 0 Å². The molecule has 0 saturated heterocycles. The lowest BCUT2D eigenvalue weighted by Crippen LogP contribution is -2.40. The molecule has 1 fully saturated rings. The zero-order valence-corrected chi connectivity index (χ0v) is 9.96. The number of nitrogens with two attached hydrogens (primary N) is 1. The van der Waals surface area contributed by atoms with Crippen LogP contribution in [0.3, 0.4) is 0 Å². The molecule has 2 unspecified atom stereocenters. The molecule has 0 aromatic carbocycles. The SMILES string of the molecule is CC(CN)C(C)NC(=O)CC1CCCC1. The molecule has 15 heavy (non-hydrogen) atoms. The Balaban J connectivity index is 2.22. The van der Waals surface area contributed by atoms with Crippen LogP contribution in [0, 0.1) is 11.8 Å². The Morgan fingerprint density at radius 3 is 2.53 bits per heavy atom. The van der Waals surface area contributed by atoms with Crippen LogP contribution in [0.15, 0.2) is 0 Å². The van der Waals surface area contributed by atoms with E-state index in [0.717, 1.165) is 0 Å². The Bertz CT molecular complexity index is 200. The summed E-state index contributed by atoms with van der Waals surface area (Å²) in [6.07, 6.45) is 5.77. The van der Waals surface area contributed by atoms with E-state index < -0.39 is 0 Å². The number of rotatable bonds is 5. The third-order valence-electron chi connectivity index (χ3n) is 3.56. The molecule has 3 N–H and O–H groups in total. The number of amides is 1. The van der Waals surface area contributed by atoms with Crippen LogP contribution in [0.5, 0.6) is 0 Å². The van der Waals surface area contributed by atoms with Gasteiger partial charge in [0.15, 0.2) is 0 Å². The molecule has 0 aromatic rings. The molecule has 3 nitrogen and oxygen atoms in total. The van der Waals surface area contributed by atoms with Crippen molar-refractivity contribution < 1.29 is 4.79 Å². The Hall–Kier alpha value is -0.570. The Labute approximate surface area is 92.8 Å². The van der Waals surface area contributed by atoms with Crippen LogP contribution >= 0.6 is 0 Å². The molecule has 88 valence electrons. The maximum absolute atomic E-state index is 11.7. The van der Waals surface area contributed by atoms with E-state index in [4.69, 9.17) is 5.73 Å². The van der Waals surface area contributed by atoms with Crippen molar-refractivity contribution in [3.63, 3.8) is 0 Å². The molecule has 0 aliphatic heterocycles. The van der Waals surface area contributed by atoms with E-state index in [-0.39, 0.29) is 11.9 Å². The molecule has 1 rings (SSSR count). The van der Waals surface area contributed by atoms with E-state index in [1.807, 2.05) is 6.92 Å². The molecule has 0 radical (unpaired) electrons. The maximum atomic E-state index is 11.7. The molecular weight excluding hydrogens is 188 g/mol. The van der Waals surface area contributed by atoms with Crippen molar-refractivity contribution in [2.45, 2.75) is 52.0 Å². The summed E-state index contributed by atoms with van der Waals surface area (Å²) in [5.74, 6) is 1.19. The molecule has 2 atom stereocenters. The van der Waals surface area contributed by atoms with Crippen LogP contribution in [0.25, 0.3) is 0 Å². The first-order valence-electron chi connectivity index (χ1n) is 6.13. The van der Waals surface area contributed by atoms with E-state index in [2.05, 4.69) is 12.2 Å². The van der Waals surface area contributed by atoms with Gasteiger partial charge in [-0.25, -0.2) is 0 Å². The first-order chi connectivity index (χ1) is 7.13. The van der Waals surface area contributed by atoms with Gasteiger partial charge in [0.2, 0.25) is 5.91 Å². The van der Waals surface area contributed by atoms with Gasteiger partial charge in [0.25, 0.3) is 0 Å². The Kier molecular flexibility index (Phi) is 5.09. The van der Waals surface area contributed by atoms with Gasteiger partial charge in [0, 0.05) is 12.5 Å². The number of carbonyl (C=O) groups excluding carboxylic acids is 1. The fourth-order valence-electron chi connectivity index (χ4n) is 2.14. The monoisotopic (exact) mass is 212 g/mol. The van der Waals surface area contributed by atoms with E-state index in [1.54, 1.807) is 0 Å². The Morgan fingerprint density at radius 2 is 2.00 bits per heavy atom. The number of carbonyl (C=O) groups is 1. The van der Waals surface area contributed by atoms with Crippen molar-refractivity contribution in [2.75, 3.05) is 6.54 Å². The average molecular weight is 212 g/mol. The fourth-order valence-corrected chi connectivity index (χ4v) is 2.14. The van der Waals surface area contributed by atoms with Gasteiger partial charge in [0.1, 0.15) is 0 Å². The zero-order valence-electron chi connectivity index (χ0n) is 9.96. The highest BCUT2D eigenvalue weighted by atomic mass is 16.1. The quantitative estimate of drug-likeness (QED) is 0.728. The van der Waals surface area contributed by atoms with E-state index in [0.29, 0.717) is 24.8 Å². The smallest absolute Gasteiger partial charge is 0.220 e. The largest absolute Gasteiger partial charge is 0.353 e. The molecule has 0 spiro atoms. The van der Waals surface area contributed by atoms with Crippen LogP contribution in [-0.4, -0.2) is 18.5 Å². The predicted octanol–water partition coefficient (Wildman–Crippen LogP) is 1.67. The van der Waals surface area contributed by atoms with Crippen LogP contribution < -0.4 is 11.1 Å². The molecule has 3 heteroatoms. The lowest BCUT2D eigenvalue weighted by molar-refractivity contribution is -0.122. The number of nitrogens with one attached hydrogen (secondary N) is 1. The maximum Gasteiger partial charge on any atom is 0.220 e. The third-order valence-corrected chi connectivity index (χ3v) is 3.56. The molecule has 1 aliphatic carbocycles. The minimum absolute atomic E-state index is 0.198. The summed E-state index contributed by atoms with van der Waals surface area (Å²) in [6.45, 7) is 4.73. The van der Waals surface area contributed by atoms with Gasteiger partial charge >= 0.3 is 0 Å². The molecule has 1 aliphatic rings. The summed E-state index contributed by atoms with van der Waals surface area (Å²) in [6, 6.07) is 0.198. The zero-order chi connectivity index (χ0) is 11.3. The third kappa shape index (κ3) is 4.20. The standard InChI is InChI=1S/C12H24N2O/c1-9(8-13)10(2)14-12(15)7-11-5-3-4-6-11/h9-11H,3-8,13H2,1-2H3,(H,14,15). The van der Waals surface area contributed by atoms with Crippen molar-refractivity contribution >= 4 is 5.91 Å². The fraction of sp³-hybridized carbons (Fsp3) is 0.917. The van der Waals surface area contributed by atoms with Crippen LogP contribution in [0.4, 0.5) is 0 Å². The van der Waals surface area contributed by atoms with Crippen LogP contribution in [0.2, 0.25) is 0 Å². The lowest BCUT2D eigenvalue weighted by atomic mass is 10.0. The summed E-state index contributed by atoms with van der Waals surface area (Å²) in [5.41, 5.74) is 5.56. The van der Waals surface area contributed by atoms with E-state index in [1.165, 1.54) is 25.7 Å². The van der Waals surface area contributed by atoms with Gasteiger partial charge in [-0.2, -0.15) is 0 Å². The highest BCUT2D eigenvalue weighted by molar-refractivity contribution is 5.76. The van der Waals surface area contributed by atoms with Gasteiger partial charge in [-0.05, 0) is 38.1 Å². The molecule has 0 heterocycles. The van der Waals surface area contributed by atoms with E-state index in [9.17, 15) is 4.79 Å². The van der Waals surface area contributed by atoms with Crippen molar-refractivity contribution in [2.24, 2.45) is 17.6 Å². The summed E-state index contributed by atoms with van der Waals surface area (Å²) in [7, 11) is 0. The topological polar surface area (TPSA) is 55.1 Å². The van der Waals surface area contributed by atoms with Gasteiger partial charge in [-0.3, -0.25) is 4.79 Å². The lowest BCUT2D eigenvalue weighted by Gasteiger charge is -2.20. The second-order valence-electron chi connectivity index (χ2n) is 4.92. The average Bonchev–Trinajstić information content (AvgIpc) is 2.68. The minimum Gasteiger partial charge on any atom is -0.353 e. The highest BCUT2D eigenvalue weighted by Crippen LogP contribution is 2.27. The normalized spacial score (nSPS) is 21.3. The van der Waals surface area contributed by atoms with Crippen LogP contribution in [0.1, 0.15) is 46.0 Å². The van der Waals surface area contributed by atoms with Crippen molar-refractivity contribution in [1.29, 1.82) is 0 Å². The first-order valence-corrected chi connectivity index (χ1v) is 6.13. The predicted molar refractivity (Wildman–Crippen MR) is 62.4 cm³/mol. The molecule has 1 saturated carbocycles. The molecular formula is C12H24N2O. The summed E-state index contributed by atoms with van der Waals surface area (Å²) >= 11 is 0. The molecule has 0 aromatic heterocycles. The van der Waals surface area contributed by atoms with E-state index >= 15 is 0 Å². The van der Waals surface area contributed by atoms with Crippen molar-refractivity contribution in [1.82, 2.24) is 5.32 Å². The molecule has 1 amide bonds. The second-order valence-corrected chi connectivity index (χ2v) is 4.92. The summed E-state index contributed by atoms with van der Waals surface area (Å²) in [4.78, 5) is 11.7. The summed E-state index contributed by atoms with van der Waals surface area (Å²) in [5, 5.41) is 3.04. The second kappa shape index (κ2) is 6.11. The Morgan fingerprint density at radius 1 is 1.40 bits per heavy atom. The van der Waals surface area contributed by atoms with Crippen LogP contribution in [-0.2, 0) is 4.79 Å². The van der Waals surface area contributed by atoms with Gasteiger partial charge < -0.3 is 11.1 Å². The van der Waals surface area contributed by atoms with Gasteiger partial charge in [-0.1, -0.05) is 19.8 Å².